The molecule has 1 saturated heterocycles. The quantitative estimate of drug-likeness (QED) is 0.560. The van der Waals surface area contributed by atoms with Gasteiger partial charge in [0.1, 0.15) is 6.04 Å². The van der Waals surface area contributed by atoms with Crippen LogP contribution in [0.1, 0.15) is 20.3 Å². The summed E-state index contributed by atoms with van der Waals surface area (Å²) in [6.07, 6.45) is 0.760. The van der Waals surface area contributed by atoms with Crippen molar-refractivity contribution in [2.75, 3.05) is 0 Å². The average Bonchev–Trinajstić information content (AvgIpc) is 2.13. The Hall–Kier alpha value is -0.570. The van der Waals surface area contributed by atoms with Gasteiger partial charge in [-0.2, -0.15) is 0 Å². The summed E-state index contributed by atoms with van der Waals surface area (Å²) in [6.45, 7) is 4.09. The zero-order valence-electron chi connectivity index (χ0n) is 6.29. The molecule has 0 aromatic heterocycles. The first kappa shape index (κ1) is 7.54. The molecule has 0 aromatic rings. The first-order valence-electron chi connectivity index (χ1n) is 3.60. The van der Waals surface area contributed by atoms with Crippen LogP contribution in [0.3, 0.4) is 0 Å². The molecule has 1 aliphatic rings. The Morgan fingerprint density at radius 3 is 2.40 bits per heavy atom. The lowest BCUT2D eigenvalue weighted by Gasteiger charge is -2.06. The highest BCUT2D eigenvalue weighted by Crippen LogP contribution is 2.18. The van der Waals surface area contributed by atoms with Gasteiger partial charge in [0.2, 0.25) is 0 Å². The van der Waals surface area contributed by atoms with Gasteiger partial charge in [-0.25, -0.2) is 0 Å². The molecule has 0 saturated carbocycles. The Morgan fingerprint density at radius 1 is 1.60 bits per heavy atom. The van der Waals surface area contributed by atoms with E-state index < -0.39 is 5.97 Å². The van der Waals surface area contributed by atoms with Crippen LogP contribution in [0.5, 0.6) is 0 Å². The smallest absolute Gasteiger partial charge is 0.320 e. The first-order valence-corrected chi connectivity index (χ1v) is 3.60. The molecule has 0 aromatic carbocycles. The molecule has 1 fully saturated rings. The van der Waals surface area contributed by atoms with Crippen LogP contribution in [-0.2, 0) is 4.79 Å². The maximum Gasteiger partial charge on any atom is 0.320 e. The van der Waals surface area contributed by atoms with Crippen LogP contribution >= 0.6 is 0 Å². The van der Waals surface area contributed by atoms with Crippen LogP contribution in [0.15, 0.2) is 0 Å². The molecule has 1 rings (SSSR count). The number of carboxylic acid groups (broad SMARTS) is 1. The minimum atomic E-state index is -0.726. The number of nitrogens with one attached hydrogen (secondary N) is 1. The summed E-state index contributed by atoms with van der Waals surface area (Å²) in [7, 11) is 0. The van der Waals surface area contributed by atoms with Gasteiger partial charge in [-0.1, -0.05) is 6.92 Å². The summed E-state index contributed by atoms with van der Waals surface area (Å²) < 4.78 is 0. The standard InChI is InChI=1S/C7H13NO2/c1-4-3-6(7(9)10)8-5(4)2/h4-6,8H,3H2,1-2H3,(H,9,10)/t4-,5-,6?/m0/s1. The lowest BCUT2D eigenvalue weighted by Crippen LogP contribution is -2.34. The predicted molar refractivity (Wildman–Crippen MR) is 37.8 cm³/mol. The van der Waals surface area contributed by atoms with Crippen LogP contribution in [0.25, 0.3) is 0 Å². The summed E-state index contributed by atoms with van der Waals surface area (Å²) in [5.41, 5.74) is 0. The summed E-state index contributed by atoms with van der Waals surface area (Å²) >= 11 is 0. The predicted octanol–water partition coefficient (Wildman–Crippen LogP) is 0.457. The van der Waals surface area contributed by atoms with Gasteiger partial charge in [-0.15, -0.1) is 0 Å². The first-order chi connectivity index (χ1) is 4.61. The molecule has 0 aliphatic carbocycles. The van der Waals surface area contributed by atoms with Gasteiger partial charge in [0.05, 0.1) is 0 Å². The Kier molecular flexibility index (Phi) is 1.94. The highest BCUT2D eigenvalue weighted by molar-refractivity contribution is 5.73. The van der Waals surface area contributed by atoms with E-state index in [0.29, 0.717) is 12.0 Å². The zero-order valence-corrected chi connectivity index (χ0v) is 6.29. The minimum absolute atomic E-state index is 0.315. The fraction of sp³-hybridized carbons (Fsp3) is 0.857. The topological polar surface area (TPSA) is 49.3 Å². The van der Waals surface area contributed by atoms with Gasteiger partial charge in [0.15, 0.2) is 0 Å². The molecule has 2 N–H and O–H groups in total. The van der Waals surface area contributed by atoms with Crippen molar-refractivity contribution >= 4 is 5.97 Å². The molecular formula is C7H13NO2. The van der Waals surface area contributed by atoms with Crippen molar-refractivity contribution in [3.8, 4) is 0 Å². The summed E-state index contributed by atoms with van der Waals surface area (Å²) in [5, 5.41) is 11.6. The minimum Gasteiger partial charge on any atom is -0.480 e. The average molecular weight is 143 g/mol. The molecule has 0 amide bonds. The Labute approximate surface area is 60.4 Å². The summed E-state index contributed by atoms with van der Waals surface area (Å²) in [4.78, 5) is 10.4. The van der Waals surface area contributed by atoms with Gasteiger partial charge in [0.25, 0.3) is 0 Å². The fourth-order valence-electron chi connectivity index (χ4n) is 1.30. The van der Waals surface area contributed by atoms with Gasteiger partial charge in [0, 0.05) is 6.04 Å². The second-order valence-corrected chi connectivity index (χ2v) is 3.06. The number of carboxylic acids is 1. The van der Waals surface area contributed by atoms with Crippen LogP contribution in [0, 0.1) is 5.92 Å². The number of aliphatic carboxylic acids is 1. The third-order valence-electron chi connectivity index (χ3n) is 2.22. The molecule has 1 heterocycles. The van der Waals surface area contributed by atoms with Crippen molar-refractivity contribution < 1.29 is 9.90 Å². The number of carbonyl (C=O) groups is 1. The molecule has 1 unspecified atom stereocenters. The lowest BCUT2D eigenvalue weighted by atomic mass is 10.0. The molecule has 3 atom stereocenters. The van der Waals surface area contributed by atoms with Crippen molar-refractivity contribution in [2.24, 2.45) is 5.92 Å². The van der Waals surface area contributed by atoms with Crippen LogP contribution in [0.2, 0.25) is 0 Å². The molecule has 0 spiro atoms. The molecule has 1 aliphatic heterocycles. The fourth-order valence-corrected chi connectivity index (χ4v) is 1.30. The maximum atomic E-state index is 10.4. The van der Waals surface area contributed by atoms with E-state index in [9.17, 15) is 4.79 Å². The van der Waals surface area contributed by atoms with Gasteiger partial charge < -0.3 is 10.4 Å². The van der Waals surface area contributed by atoms with Crippen LogP contribution in [0.4, 0.5) is 0 Å². The van der Waals surface area contributed by atoms with Gasteiger partial charge in [-0.05, 0) is 19.3 Å². The van der Waals surface area contributed by atoms with Crippen molar-refractivity contribution in [3.63, 3.8) is 0 Å². The molecule has 10 heavy (non-hydrogen) atoms. The zero-order chi connectivity index (χ0) is 7.72. The Bertz CT molecular complexity index is 137. The molecular weight excluding hydrogens is 130 g/mol. The SMILES string of the molecule is C[C@@H]1NC(C(=O)O)C[C@@H]1C. The van der Waals surface area contributed by atoms with Crippen molar-refractivity contribution in [2.45, 2.75) is 32.4 Å². The molecule has 0 bridgehead atoms. The monoisotopic (exact) mass is 143 g/mol. The highest BCUT2D eigenvalue weighted by Gasteiger charge is 2.31. The van der Waals surface area contributed by atoms with E-state index in [1.807, 2.05) is 6.92 Å². The highest BCUT2D eigenvalue weighted by atomic mass is 16.4. The second kappa shape index (κ2) is 2.58. The molecule has 3 heteroatoms. The van der Waals surface area contributed by atoms with Crippen molar-refractivity contribution in [1.29, 1.82) is 0 Å². The van der Waals surface area contributed by atoms with E-state index >= 15 is 0 Å². The largest absolute Gasteiger partial charge is 0.480 e. The van der Waals surface area contributed by atoms with Crippen molar-refractivity contribution in [1.82, 2.24) is 5.32 Å². The van der Waals surface area contributed by atoms with E-state index in [1.54, 1.807) is 0 Å². The number of hydrogen-bond acceptors (Lipinski definition) is 2. The third-order valence-corrected chi connectivity index (χ3v) is 2.22. The van der Waals surface area contributed by atoms with Gasteiger partial charge >= 0.3 is 5.97 Å². The lowest BCUT2D eigenvalue weighted by molar-refractivity contribution is -0.139. The normalized spacial score (nSPS) is 40.0. The van der Waals surface area contributed by atoms with Gasteiger partial charge in [-0.3, -0.25) is 4.79 Å². The third kappa shape index (κ3) is 1.29. The van der Waals surface area contributed by atoms with E-state index in [2.05, 4.69) is 12.2 Å². The molecule has 0 radical (unpaired) electrons. The van der Waals surface area contributed by atoms with E-state index in [1.165, 1.54) is 0 Å². The molecule has 58 valence electrons. The van der Waals surface area contributed by atoms with Crippen LogP contribution in [-0.4, -0.2) is 23.2 Å². The van der Waals surface area contributed by atoms with Crippen LogP contribution < -0.4 is 5.32 Å². The maximum absolute atomic E-state index is 10.4. The summed E-state index contributed by atoms with van der Waals surface area (Å²) in [5.74, 6) is -0.239. The Balaban J connectivity index is 2.49. The Morgan fingerprint density at radius 2 is 2.20 bits per heavy atom. The number of hydrogen-bond donors (Lipinski definition) is 2. The van der Waals surface area contributed by atoms with E-state index in [4.69, 9.17) is 5.11 Å². The van der Waals surface area contributed by atoms with Crippen molar-refractivity contribution in [3.05, 3.63) is 0 Å². The van der Waals surface area contributed by atoms with E-state index in [-0.39, 0.29) is 6.04 Å². The molecule has 3 nitrogen and oxygen atoms in total. The summed E-state index contributed by atoms with van der Waals surface area (Å²) in [6, 6.07) is 0.0334. The number of rotatable bonds is 1. The van der Waals surface area contributed by atoms with E-state index in [0.717, 1.165) is 6.42 Å². The second-order valence-electron chi connectivity index (χ2n) is 3.06.